The lowest BCUT2D eigenvalue weighted by Crippen LogP contribution is -2.29. The predicted molar refractivity (Wildman–Crippen MR) is 52.9 cm³/mol. The molecule has 1 heterocycles. The van der Waals surface area contributed by atoms with Crippen molar-refractivity contribution in [1.82, 2.24) is 5.06 Å². The summed E-state index contributed by atoms with van der Waals surface area (Å²) in [4.78, 5) is 22.5. The van der Waals surface area contributed by atoms with Gasteiger partial charge in [-0.3, -0.25) is 19.4 Å². The van der Waals surface area contributed by atoms with Crippen LogP contribution in [0.3, 0.4) is 0 Å². The number of hydrogen-bond donors (Lipinski definition) is 1. The van der Waals surface area contributed by atoms with E-state index < -0.39 is 25.1 Å². The molecule has 0 aliphatic carbocycles. The van der Waals surface area contributed by atoms with Crippen LogP contribution in [-0.4, -0.2) is 41.0 Å². The van der Waals surface area contributed by atoms with Gasteiger partial charge in [0.25, 0.3) is 11.8 Å². The van der Waals surface area contributed by atoms with Crippen molar-refractivity contribution >= 4 is 19.4 Å². The highest BCUT2D eigenvalue weighted by Gasteiger charge is 2.51. The average molecular weight is 251 g/mol. The molecule has 1 aliphatic rings. The molecular formula is C8H14NO6P. The molecule has 16 heavy (non-hydrogen) atoms. The van der Waals surface area contributed by atoms with Crippen molar-refractivity contribution in [1.29, 1.82) is 0 Å². The van der Waals surface area contributed by atoms with Crippen LogP contribution >= 0.6 is 7.60 Å². The molecule has 1 fully saturated rings. The van der Waals surface area contributed by atoms with E-state index in [-0.39, 0.29) is 24.7 Å². The van der Waals surface area contributed by atoms with Gasteiger partial charge in [0.1, 0.15) is 0 Å². The minimum Gasteiger partial charge on any atom is -0.308 e. The summed E-state index contributed by atoms with van der Waals surface area (Å²) in [5.74, 6) is -1.73. The second-order valence-corrected chi connectivity index (χ2v) is 5.36. The number of amides is 2. The molecule has 1 rings (SSSR count). The lowest BCUT2D eigenvalue weighted by atomic mass is 10.4. The van der Waals surface area contributed by atoms with E-state index in [1.807, 2.05) is 0 Å². The Morgan fingerprint density at radius 1 is 1.38 bits per heavy atom. The Hall–Kier alpha value is -0.750. The first kappa shape index (κ1) is 13.3. The van der Waals surface area contributed by atoms with E-state index in [0.717, 1.165) is 0 Å². The smallest absolute Gasteiger partial charge is 0.308 e. The zero-order valence-corrected chi connectivity index (χ0v) is 9.98. The highest BCUT2D eigenvalue weighted by atomic mass is 31.2. The van der Waals surface area contributed by atoms with Crippen molar-refractivity contribution in [2.75, 3.05) is 13.2 Å². The van der Waals surface area contributed by atoms with Crippen LogP contribution in [0.1, 0.15) is 20.3 Å². The Morgan fingerprint density at radius 2 is 1.88 bits per heavy atom. The van der Waals surface area contributed by atoms with Crippen LogP contribution in [0.4, 0.5) is 0 Å². The SMILES string of the molecule is CCOP(=O)(OCC)C1CC(=O)N(O)C1=O. The molecule has 92 valence electrons. The molecule has 7 nitrogen and oxygen atoms in total. The van der Waals surface area contributed by atoms with Crippen LogP contribution in [0.2, 0.25) is 0 Å². The van der Waals surface area contributed by atoms with Gasteiger partial charge in [-0.2, -0.15) is 5.06 Å². The second kappa shape index (κ2) is 5.05. The van der Waals surface area contributed by atoms with Gasteiger partial charge in [-0.05, 0) is 13.8 Å². The van der Waals surface area contributed by atoms with Gasteiger partial charge in [-0.25, -0.2) is 0 Å². The van der Waals surface area contributed by atoms with Crippen LogP contribution in [0.5, 0.6) is 0 Å². The normalized spacial score (nSPS) is 21.9. The zero-order chi connectivity index (χ0) is 12.3. The van der Waals surface area contributed by atoms with Crippen LogP contribution in [0, 0.1) is 0 Å². The number of carbonyl (C=O) groups is 2. The summed E-state index contributed by atoms with van der Waals surface area (Å²) in [7, 11) is -3.67. The van der Waals surface area contributed by atoms with Gasteiger partial charge >= 0.3 is 7.60 Å². The number of nitrogens with zero attached hydrogens (tertiary/aromatic N) is 1. The van der Waals surface area contributed by atoms with Gasteiger partial charge < -0.3 is 9.05 Å². The molecule has 1 saturated heterocycles. The highest BCUT2D eigenvalue weighted by molar-refractivity contribution is 7.55. The molecule has 1 N–H and O–H groups in total. The topological polar surface area (TPSA) is 93.1 Å². The largest absolute Gasteiger partial charge is 0.343 e. The number of hydroxylamine groups is 2. The molecule has 1 aliphatic heterocycles. The molecule has 0 radical (unpaired) electrons. The first-order chi connectivity index (χ1) is 7.46. The number of hydrogen-bond acceptors (Lipinski definition) is 6. The molecule has 0 aromatic carbocycles. The van der Waals surface area contributed by atoms with Gasteiger partial charge in [-0.15, -0.1) is 0 Å². The van der Waals surface area contributed by atoms with E-state index in [1.54, 1.807) is 13.8 Å². The average Bonchev–Trinajstić information content (AvgIpc) is 2.47. The third-order valence-electron chi connectivity index (χ3n) is 2.10. The third kappa shape index (κ3) is 2.32. The fourth-order valence-corrected chi connectivity index (χ4v) is 3.34. The molecule has 0 aromatic rings. The quantitative estimate of drug-likeness (QED) is 0.440. The van der Waals surface area contributed by atoms with Crippen molar-refractivity contribution in [2.45, 2.75) is 25.9 Å². The van der Waals surface area contributed by atoms with Gasteiger partial charge in [0, 0.05) is 0 Å². The Morgan fingerprint density at radius 3 is 2.19 bits per heavy atom. The molecular weight excluding hydrogens is 237 g/mol. The molecule has 1 atom stereocenters. The van der Waals surface area contributed by atoms with Gasteiger partial charge in [0.2, 0.25) is 0 Å². The molecule has 0 aromatic heterocycles. The van der Waals surface area contributed by atoms with E-state index in [0.29, 0.717) is 0 Å². The summed E-state index contributed by atoms with van der Waals surface area (Å²) in [6.07, 6.45) is -0.355. The summed E-state index contributed by atoms with van der Waals surface area (Å²) in [5.41, 5.74) is -1.23. The van der Waals surface area contributed by atoms with Crippen molar-refractivity contribution in [3.05, 3.63) is 0 Å². The summed E-state index contributed by atoms with van der Waals surface area (Å²) in [6.45, 7) is 3.40. The molecule has 2 amide bonds. The molecule has 0 bridgehead atoms. The number of rotatable bonds is 5. The minimum atomic E-state index is -3.67. The van der Waals surface area contributed by atoms with Gasteiger partial charge in [0.15, 0.2) is 5.66 Å². The Kier molecular flexibility index (Phi) is 4.21. The van der Waals surface area contributed by atoms with E-state index in [2.05, 4.69) is 0 Å². The zero-order valence-electron chi connectivity index (χ0n) is 9.08. The van der Waals surface area contributed by atoms with E-state index in [1.165, 1.54) is 0 Å². The van der Waals surface area contributed by atoms with Crippen molar-refractivity contribution in [3.8, 4) is 0 Å². The Balaban J connectivity index is 2.92. The van der Waals surface area contributed by atoms with Crippen LogP contribution in [0.25, 0.3) is 0 Å². The minimum absolute atomic E-state index is 0.0324. The standard InChI is InChI=1S/C8H14NO6P/c1-3-14-16(13,15-4-2)6-5-7(10)9(12)8(6)11/h6,12H,3-5H2,1-2H3. The van der Waals surface area contributed by atoms with Crippen molar-refractivity contribution in [2.24, 2.45) is 0 Å². The maximum Gasteiger partial charge on any atom is 0.343 e. The monoisotopic (exact) mass is 251 g/mol. The van der Waals surface area contributed by atoms with Gasteiger partial charge in [-0.1, -0.05) is 0 Å². The first-order valence-electron chi connectivity index (χ1n) is 4.90. The number of carbonyl (C=O) groups excluding carboxylic acids is 2. The summed E-state index contributed by atoms with van der Waals surface area (Å²) in [5, 5.41) is 9.01. The molecule has 8 heteroatoms. The first-order valence-corrected chi connectivity index (χ1v) is 6.52. The van der Waals surface area contributed by atoms with Crippen molar-refractivity contribution in [3.63, 3.8) is 0 Å². The van der Waals surface area contributed by atoms with E-state index in [9.17, 15) is 14.2 Å². The van der Waals surface area contributed by atoms with Crippen LogP contribution < -0.4 is 0 Å². The lowest BCUT2D eigenvalue weighted by molar-refractivity contribution is -0.171. The third-order valence-corrected chi connectivity index (χ3v) is 4.50. The predicted octanol–water partition coefficient (Wildman–Crippen LogP) is 0.769. The van der Waals surface area contributed by atoms with E-state index in [4.69, 9.17) is 14.3 Å². The summed E-state index contributed by atoms with van der Waals surface area (Å²) in [6, 6.07) is 0. The summed E-state index contributed by atoms with van der Waals surface area (Å²) < 4.78 is 22.0. The second-order valence-electron chi connectivity index (χ2n) is 3.14. The molecule has 1 unspecified atom stereocenters. The highest BCUT2D eigenvalue weighted by Crippen LogP contribution is 2.56. The Bertz CT molecular complexity index is 333. The fraction of sp³-hybridized carbons (Fsp3) is 0.750. The Labute approximate surface area is 92.8 Å². The number of imide groups is 1. The lowest BCUT2D eigenvalue weighted by Gasteiger charge is -2.20. The molecule has 0 spiro atoms. The maximum absolute atomic E-state index is 12.2. The van der Waals surface area contributed by atoms with E-state index >= 15 is 0 Å². The maximum atomic E-state index is 12.2. The van der Waals surface area contributed by atoms with Crippen molar-refractivity contribution < 1.29 is 28.4 Å². The van der Waals surface area contributed by atoms with Crippen LogP contribution in [0.15, 0.2) is 0 Å². The van der Waals surface area contributed by atoms with Gasteiger partial charge in [0.05, 0.1) is 19.6 Å². The molecule has 0 saturated carbocycles. The summed E-state index contributed by atoms with van der Waals surface area (Å²) >= 11 is 0. The fourth-order valence-electron chi connectivity index (χ4n) is 1.43. The van der Waals surface area contributed by atoms with Crippen LogP contribution in [-0.2, 0) is 23.2 Å².